The molecule has 4 fully saturated rings. The minimum Gasteiger partial charge on any atom is -0.470 e. The summed E-state index contributed by atoms with van der Waals surface area (Å²) in [5.74, 6) is 0.740. The first-order valence-corrected chi connectivity index (χ1v) is 25.5. The van der Waals surface area contributed by atoms with Crippen LogP contribution in [-0.2, 0) is 22.5 Å². The van der Waals surface area contributed by atoms with E-state index in [0.717, 1.165) is 109 Å². The SMILES string of the molecule is CC(C)(C)OCC1CNCCN1c1ccoc1.CC(C)CC1CNCCN1c1ccoc1.c1ccc(CC2CNCCN2c2ccoc2)cc1.c1ccc(COCC2CNCCN2c2ccoc2)cc1. The van der Waals surface area contributed by atoms with Gasteiger partial charge in [0.15, 0.2) is 0 Å². The van der Waals surface area contributed by atoms with Crippen LogP contribution in [-0.4, -0.2) is 122 Å². The van der Waals surface area contributed by atoms with Crippen LogP contribution in [0.1, 0.15) is 52.2 Å². The van der Waals surface area contributed by atoms with Crippen molar-refractivity contribution in [3.63, 3.8) is 0 Å². The van der Waals surface area contributed by atoms with Crippen molar-refractivity contribution in [2.24, 2.45) is 5.92 Å². The minimum absolute atomic E-state index is 0.0838. The zero-order chi connectivity index (χ0) is 48.8. The lowest BCUT2D eigenvalue weighted by Crippen LogP contribution is -2.54. The number of hydrogen-bond acceptors (Lipinski definition) is 14. The van der Waals surface area contributed by atoms with E-state index >= 15 is 0 Å². The molecular formula is C56H80N8O6. The van der Waals surface area contributed by atoms with Crippen molar-refractivity contribution in [1.82, 2.24) is 21.3 Å². The van der Waals surface area contributed by atoms with Crippen LogP contribution in [0.15, 0.2) is 153 Å². The van der Waals surface area contributed by atoms with Crippen LogP contribution in [0.25, 0.3) is 0 Å². The third-order valence-corrected chi connectivity index (χ3v) is 12.9. The Balaban J connectivity index is 0.000000138. The van der Waals surface area contributed by atoms with Gasteiger partial charge < -0.3 is 68.0 Å². The van der Waals surface area contributed by atoms with Crippen molar-refractivity contribution in [2.75, 3.05) is 111 Å². The fraction of sp³-hybridized carbons (Fsp3) is 0.500. The van der Waals surface area contributed by atoms with E-state index in [1.54, 1.807) is 37.6 Å². The molecule has 4 unspecified atom stereocenters. The standard InChI is InChI=1S/C16H20N2O2.C15H18N2O.C13H22N2O2.C12H20N2O/c1-2-4-14(5-3-1)11-20-13-16-10-17-7-8-18(16)15-6-9-19-12-15;1-2-4-13(5-3-1)10-15-11-16-7-8-17(15)14-6-9-18-12-14;1-13(2,3)17-10-12-8-14-5-6-15(12)11-4-7-16-9-11;1-10(2)7-12-8-13-4-5-14(12)11-3-6-15-9-11/h1-6,9,12,16-17H,7-8,10-11,13H2;1-6,9,12,15-16H,7-8,10-11H2;4,7,9,12,14H,5-6,8,10H2,1-3H3;3,6,9-10,12-13H,4-5,7-8H2,1-2H3. The van der Waals surface area contributed by atoms with E-state index in [-0.39, 0.29) is 5.60 Å². The van der Waals surface area contributed by atoms with E-state index < -0.39 is 0 Å². The molecule has 4 aromatic heterocycles. The Hall–Kier alpha value is -5.48. The van der Waals surface area contributed by atoms with E-state index in [1.807, 2.05) is 48.9 Å². The number of rotatable bonds is 14. The first-order chi connectivity index (χ1) is 34.2. The molecule has 4 saturated heterocycles. The fourth-order valence-corrected chi connectivity index (χ4v) is 9.44. The molecule has 14 nitrogen and oxygen atoms in total. The predicted molar refractivity (Wildman–Crippen MR) is 282 cm³/mol. The average Bonchev–Trinajstić information content (AvgIpc) is 4.25. The smallest absolute Gasteiger partial charge is 0.114 e. The predicted octanol–water partition coefficient (Wildman–Crippen LogP) is 8.55. The molecule has 380 valence electrons. The molecule has 70 heavy (non-hydrogen) atoms. The van der Waals surface area contributed by atoms with Crippen LogP contribution in [0.3, 0.4) is 0 Å². The molecule has 0 aliphatic carbocycles. The summed E-state index contributed by atoms with van der Waals surface area (Å²) >= 11 is 0. The third-order valence-electron chi connectivity index (χ3n) is 12.9. The van der Waals surface area contributed by atoms with Gasteiger partial charge in [-0.25, -0.2) is 0 Å². The van der Waals surface area contributed by atoms with Crippen LogP contribution in [0, 0.1) is 5.92 Å². The Bertz CT molecular complexity index is 2200. The molecule has 0 radical (unpaired) electrons. The van der Waals surface area contributed by atoms with Gasteiger partial charge in [-0.3, -0.25) is 0 Å². The number of piperazine rings is 4. The normalized spacial score (nSPS) is 20.7. The van der Waals surface area contributed by atoms with E-state index in [2.05, 4.69) is 124 Å². The maximum Gasteiger partial charge on any atom is 0.114 e. The second-order valence-electron chi connectivity index (χ2n) is 19.9. The molecule has 0 bridgehead atoms. The largest absolute Gasteiger partial charge is 0.470 e. The van der Waals surface area contributed by atoms with Crippen LogP contribution < -0.4 is 40.9 Å². The summed E-state index contributed by atoms with van der Waals surface area (Å²) in [6.45, 7) is 25.2. The van der Waals surface area contributed by atoms with Crippen molar-refractivity contribution < 1.29 is 27.1 Å². The molecule has 0 saturated carbocycles. The number of nitrogens with zero attached hydrogens (tertiary/aromatic N) is 4. The summed E-state index contributed by atoms with van der Waals surface area (Å²) in [5, 5.41) is 13.8. The molecule has 4 N–H and O–H groups in total. The number of furan rings is 4. The summed E-state index contributed by atoms with van der Waals surface area (Å²) in [4.78, 5) is 9.60. The van der Waals surface area contributed by atoms with Gasteiger partial charge in [-0.15, -0.1) is 0 Å². The molecule has 0 spiro atoms. The lowest BCUT2D eigenvalue weighted by Gasteiger charge is -2.38. The molecule has 10 rings (SSSR count). The Morgan fingerprint density at radius 2 is 0.886 bits per heavy atom. The second kappa shape index (κ2) is 27.8. The van der Waals surface area contributed by atoms with Crippen LogP contribution in [0.4, 0.5) is 22.7 Å². The zero-order valence-electron chi connectivity index (χ0n) is 42.3. The molecule has 4 atom stereocenters. The maximum atomic E-state index is 5.88. The highest BCUT2D eigenvalue weighted by Crippen LogP contribution is 2.25. The quantitative estimate of drug-likeness (QED) is 0.0832. The monoisotopic (exact) mass is 961 g/mol. The summed E-state index contributed by atoms with van der Waals surface area (Å²) in [6, 6.07) is 30.9. The van der Waals surface area contributed by atoms with E-state index in [1.165, 1.54) is 28.9 Å². The molecule has 2 aromatic carbocycles. The van der Waals surface area contributed by atoms with Crippen LogP contribution >= 0.6 is 0 Å². The lowest BCUT2D eigenvalue weighted by molar-refractivity contribution is -0.0118. The minimum atomic E-state index is -0.0838. The second-order valence-corrected chi connectivity index (χ2v) is 19.9. The first-order valence-electron chi connectivity index (χ1n) is 25.5. The first kappa shape index (κ1) is 52.3. The van der Waals surface area contributed by atoms with Gasteiger partial charge in [0, 0.05) is 90.6 Å². The fourth-order valence-electron chi connectivity index (χ4n) is 9.44. The van der Waals surface area contributed by atoms with Gasteiger partial charge in [-0.1, -0.05) is 74.5 Å². The van der Waals surface area contributed by atoms with Crippen LogP contribution in [0.2, 0.25) is 0 Å². The zero-order valence-corrected chi connectivity index (χ0v) is 42.3. The van der Waals surface area contributed by atoms with Crippen molar-refractivity contribution in [3.8, 4) is 0 Å². The molecule has 0 amide bonds. The summed E-state index contributed by atoms with van der Waals surface area (Å²) < 4.78 is 32.5. The lowest BCUT2D eigenvalue weighted by atomic mass is 10.0. The highest BCUT2D eigenvalue weighted by Gasteiger charge is 2.27. The third kappa shape index (κ3) is 16.8. The Labute approximate surface area is 417 Å². The van der Waals surface area contributed by atoms with Crippen molar-refractivity contribution >= 4 is 22.7 Å². The van der Waals surface area contributed by atoms with Crippen molar-refractivity contribution in [1.29, 1.82) is 0 Å². The Kier molecular flexibility index (Phi) is 20.8. The Morgan fingerprint density at radius 1 is 0.500 bits per heavy atom. The molecule has 6 aromatic rings. The van der Waals surface area contributed by atoms with Gasteiger partial charge in [0.1, 0.15) is 25.1 Å². The van der Waals surface area contributed by atoms with Gasteiger partial charge in [-0.05, 0) is 74.9 Å². The number of anilines is 4. The van der Waals surface area contributed by atoms with E-state index in [9.17, 15) is 0 Å². The molecule has 4 aliphatic heterocycles. The van der Waals surface area contributed by atoms with Gasteiger partial charge in [0.2, 0.25) is 0 Å². The van der Waals surface area contributed by atoms with Gasteiger partial charge in [0.25, 0.3) is 0 Å². The van der Waals surface area contributed by atoms with Crippen LogP contribution in [0.5, 0.6) is 0 Å². The van der Waals surface area contributed by atoms with Gasteiger partial charge in [-0.2, -0.15) is 0 Å². The summed E-state index contributed by atoms with van der Waals surface area (Å²) in [6.07, 6.45) is 16.5. The Morgan fingerprint density at radius 3 is 1.30 bits per heavy atom. The number of hydrogen-bond donors (Lipinski definition) is 4. The molecule has 8 heterocycles. The van der Waals surface area contributed by atoms with Gasteiger partial charge in [0.05, 0.1) is 85.3 Å². The van der Waals surface area contributed by atoms with E-state index in [0.29, 0.717) is 37.4 Å². The highest BCUT2D eigenvalue weighted by atomic mass is 16.5. The highest BCUT2D eigenvalue weighted by molar-refractivity contribution is 5.47. The number of nitrogens with one attached hydrogen (secondary N) is 4. The van der Waals surface area contributed by atoms with Gasteiger partial charge >= 0.3 is 0 Å². The molecule has 14 heteroatoms. The summed E-state index contributed by atoms with van der Waals surface area (Å²) in [7, 11) is 0. The van der Waals surface area contributed by atoms with Crippen molar-refractivity contribution in [3.05, 3.63) is 146 Å². The average molecular weight is 961 g/mol. The topological polar surface area (TPSA) is 132 Å². The number of ether oxygens (including phenoxy) is 2. The van der Waals surface area contributed by atoms with Crippen molar-refractivity contribution in [2.45, 2.75) is 83.8 Å². The summed E-state index contributed by atoms with van der Waals surface area (Å²) in [5.41, 5.74) is 7.22. The van der Waals surface area contributed by atoms with E-state index in [4.69, 9.17) is 27.1 Å². The maximum absolute atomic E-state index is 5.88. The molecule has 4 aliphatic rings. The number of benzene rings is 2. The molecular weight excluding hydrogens is 881 g/mol.